The number of carbonyl (C=O) groups excluding carboxylic acids is 1. The Balaban J connectivity index is 0.00000156. The van der Waals surface area contributed by atoms with Gasteiger partial charge in [-0.3, -0.25) is 4.79 Å². The maximum absolute atomic E-state index is 13.1. The second-order valence-electron chi connectivity index (χ2n) is 8.36. The molecule has 2 atom stereocenters. The number of hydrogen-bond acceptors (Lipinski definition) is 3. The Hall–Kier alpha value is -0.0300. The largest absolute Gasteiger partial charge is 0.334 e. The molecule has 1 aliphatic carbocycles. The minimum Gasteiger partial charge on any atom is -0.334 e. The Labute approximate surface area is 166 Å². The van der Waals surface area contributed by atoms with Gasteiger partial charge < -0.3 is 15.1 Å². The van der Waals surface area contributed by atoms with E-state index in [0.717, 1.165) is 39.1 Å². The van der Waals surface area contributed by atoms with E-state index in [4.69, 9.17) is 0 Å². The molecular weight excluding hydrogens is 357 g/mol. The van der Waals surface area contributed by atoms with E-state index in [1.165, 1.54) is 44.9 Å². The summed E-state index contributed by atoms with van der Waals surface area (Å²) >= 11 is 0. The van der Waals surface area contributed by atoms with E-state index in [2.05, 4.69) is 29.1 Å². The minimum absolute atomic E-state index is 0. The fourth-order valence-electron chi connectivity index (χ4n) is 5.12. The zero-order valence-electron chi connectivity index (χ0n) is 16.0. The van der Waals surface area contributed by atoms with Crippen LogP contribution in [0.3, 0.4) is 0 Å². The van der Waals surface area contributed by atoms with Gasteiger partial charge in [0.05, 0.1) is 5.54 Å². The van der Waals surface area contributed by atoms with Gasteiger partial charge >= 0.3 is 0 Å². The van der Waals surface area contributed by atoms with Gasteiger partial charge in [-0.05, 0) is 57.7 Å². The van der Waals surface area contributed by atoms with Crippen LogP contribution in [-0.4, -0.2) is 61.0 Å². The molecule has 1 N–H and O–H groups in total. The van der Waals surface area contributed by atoms with Gasteiger partial charge in [-0.2, -0.15) is 0 Å². The van der Waals surface area contributed by atoms with E-state index >= 15 is 0 Å². The van der Waals surface area contributed by atoms with E-state index in [1.807, 2.05) is 0 Å². The highest BCUT2D eigenvalue weighted by Gasteiger charge is 2.44. The third kappa shape index (κ3) is 5.47. The topological polar surface area (TPSA) is 35.6 Å². The minimum atomic E-state index is 0. The van der Waals surface area contributed by atoms with Gasteiger partial charge in [0.25, 0.3) is 0 Å². The first kappa shape index (κ1) is 23.0. The molecule has 2 aliphatic heterocycles. The second kappa shape index (κ2) is 10.3. The Morgan fingerprint density at radius 3 is 2.52 bits per heavy atom. The van der Waals surface area contributed by atoms with E-state index in [1.54, 1.807) is 0 Å². The first-order chi connectivity index (χ1) is 11.1. The summed E-state index contributed by atoms with van der Waals surface area (Å²) in [5.74, 6) is 1.62. The summed E-state index contributed by atoms with van der Waals surface area (Å²) < 4.78 is 0. The zero-order valence-corrected chi connectivity index (χ0v) is 17.6. The van der Waals surface area contributed by atoms with Crippen molar-refractivity contribution in [3.8, 4) is 0 Å². The lowest BCUT2D eigenvalue weighted by atomic mass is 9.77. The van der Waals surface area contributed by atoms with Crippen molar-refractivity contribution in [2.75, 3.05) is 39.8 Å². The lowest BCUT2D eigenvalue weighted by molar-refractivity contribution is -0.145. The summed E-state index contributed by atoms with van der Waals surface area (Å²) in [6, 6.07) is 0. The van der Waals surface area contributed by atoms with Crippen LogP contribution in [0.25, 0.3) is 0 Å². The van der Waals surface area contributed by atoms with E-state index in [-0.39, 0.29) is 30.4 Å². The predicted octanol–water partition coefficient (Wildman–Crippen LogP) is 3.33. The van der Waals surface area contributed by atoms with Crippen LogP contribution in [0.4, 0.5) is 0 Å². The van der Waals surface area contributed by atoms with E-state index < -0.39 is 0 Å². The van der Waals surface area contributed by atoms with Crippen molar-refractivity contribution in [2.45, 2.75) is 63.8 Å². The zero-order chi connectivity index (χ0) is 16.3. The predicted molar refractivity (Wildman–Crippen MR) is 109 cm³/mol. The molecule has 3 rings (SSSR count). The van der Waals surface area contributed by atoms with Gasteiger partial charge in [0.1, 0.15) is 0 Å². The fraction of sp³-hybridized carbons (Fsp3) is 0.947. The summed E-state index contributed by atoms with van der Waals surface area (Å²) in [5, 5.41) is 3.50. The Morgan fingerprint density at radius 1 is 1.16 bits per heavy atom. The molecule has 2 heterocycles. The van der Waals surface area contributed by atoms with Crippen molar-refractivity contribution >= 4 is 30.7 Å². The molecule has 0 radical (unpaired) electrons. The highest BCUT2D eigenvalue weighted by molar-refractivity contribution is 5.85. The maximum atomic E-state index is 13.1. The number of amides is 1. The smallest absolute Gasteiger partial charge is 0.223 e. The van der Waals surface area contributed by atoms with Gasteiger partial charge in [-0.1, -0.05) is 26.2 Å². The van der Waals surface area contributed by atoms with Gasteiger partial charge in [0.2, 0.25) is 5.91 Å². The highest BCUT2D eigenvalue weighted by Crippen LogP contribution is 2.37. The monoisotopic (exact) mass is 393 g/mol. The van der Waals surface area contributed by atoms with Gasteiger partial charge in [0, 0.05) is 26.1 Å². The second-order valence-corrected chi connectivity index (χ2v) is 8.36. The van der Waals surface area contributed by atoms with Crippen LogP contribution in [0.5, 0.6) is 0 Å². The van der Waals surface area contributed by atoms with Crippen molar-refractivity contribution in [1.29, 1.82) is 0 Å². The number of piperidine rings is 1. The Kier molecular flexibility index (Phi) is 9.52. The van der Waals surface area contributed by atoms with Gasteiger partial charge in [-0.15, -0.1) is 24.8 Å². The lowest BCUT2D eigenvalue weighted by Gasteiger charge is -2.52. The van der Waals surface area contributed by atoms with Crippen LogP contribution in [0.1, 0.15) is 58.3 Å². The van der Waals surface area contributed by atoms with E-state index in [9.17, 15) is 4.79 Å². The van der Waals surface area contributed by atoms with E-state index in [0.29, 0.717) is 17.7 Å². The van der Waals surface area contributed by atoms with Crippen molar-refractivity contribution in [3.05, 3.63) is 0 Å². The first-order valence-electron chi connectivity index (χ1n) is 9.80. The fourth-order valence-corrected chi connectivity index (χ4v) is 5.12. The third-order valence-corrected chi connectivity index (χ3v) is 6.56. The molecule has 6 heteroatoms. The molecular formula is C19H37Cl2N3O. The quantitative estimate of drug-likeness (QED) is 0.798. The van der Waals surface area contributed by atoms with Crippen LogP contribution < -0.4 is 5.32 Å². The normalized spacial score (nSPS) is 27.9. The SMILES string of the molecule is CC(CC(=O)N1CCN(C)CC12CCCCC2)C1CCCNC1.Cl.Cl. The number of nitrogens with one attached hydrogen (secondary N) is 1. The average molecular weight is 394 g/mol. The summed E-state index contributed by atoms with van der Waals surface area (Å²) in [6.07, 6.45) is 9.65. The molecule has 0 bridgehead atoms. The molecule has 148 valence electrons. The maximum Gasteiger partial charge on any atom is 0.223 e. The molecule has 0 aromatic heterocycles. The molecule has 3 fully saturated rings. The summed E-state index contributed by atoms with van der Waals surface area (Å²) in [5.41, 5.74) is 0.146. The van der Waals surface area contributed by atoms with Crippen LogP contribution >= 0.6 is 24.8 Å². The van der Waals surface area contributed by atoms with Gasteiger partial charge in [0.15, 0.2) is 0 Å². The summed E-state index contributed by atoms with van der Waals surface area (Å²) in [4.78, 5) is 17.9. The molecule has 4 nitrogen and oxygen atoms in total. The average Bonchev–Trinajstić information content (AvgIpc) is 2.56. The van der Waals surface area contributed by atoms with Crippen molar-refractivity contribution < 1.29 is 4.79 Å². The van der Waals surface area contributed by atoms with Crippen molar-refractivity contribution in [1.82, 2.24) is 15.1 Å². The molecule has 2 unspecified atom stereocenters. The highest BCUT2D eigenvalue weighted by atomic mass is 35.5. The Morgan fingerprint density at radius 2 is 1.88 bits per heavy atom. The summed E-state index contributed by atoms with van der Waals surface area (Å²) in [7, 11) is 2.22. The molecule has 2 saturated heterocycles. The molecule has 1 spiro atoms. The number of carbonyl (C=O) groups is 1. The van der Waals surface area contributed by atoms with Gasteiger partial charge in [-0.25, -0.2) is 0 Å². The number of hydrogen-bond donors (Lipinski definition) is 1. The van der Waals surface area contributed by atoms with Crippen molar-refractivity contribution in [2.24, 2.45) is 11.8 Å². The lowest BCUT2D eigenvalue weighted by Crippen LogP contribution is -2.64. The Bertz CT molecular complexity index is 409. The third-order valence-electron chi connectivity index (χ3n) is 6.56. The summed E-state index contributed by atoms with van der Waals surface area (Å²) in [6.45, 7) is 7.59. The number of halogens is 2. The van der Waals surface area contributed by atoms with Crippen LogP contribution in [0.15, 0.2) is 0 Å². The number of piperazine rings is 1. The number of likely N-dealkylation sites (N-methyl/N-ethyl adjacent to an activating group) is 1. The van der Waals surface area contributed by atoms with Crippen LogP contribution in [-0.2, 0) is 4.79 Å². The molecule has 0 aromatic rings. The molecule has 1 amide bonds. The first-order valence-corrected chi connectivity index (χ1v) is 9.80. The molecule has 1 saturated carbocycles. The van der Waals surface area contributed by atoms with Crippen LogP contribution in [0, 0.1) is 11.8 Å². The molecule has 3 aliphatic rings. The standard InChI is InChI=1S/C19H35N3O.2ClH/c1-16(17-7-6-10-20-14-17)13-18(23)22-12-11-21(2)15-19(22)8-4-3-5-9-19;;/h16-17,20H,3-15H2,1-2H3;2*1H. The van der Waals surface area contributed by atoms with Crippen molar-refractivity contribution in [3.63, 3.8) is 0 Å². The number of rotatable bonds is 3. The molecule has 25 heavy (non-hydrogen) atoms. The van der Waals surface area contributed by atoms with Crippen LogP contribution in [0.2, 0.25) is 0 Å². The number of nitrogens with zero attached hydrogens (tertiary/aromatic N) is 2. The molecule has 0 aromatic carbocycles.